The first kappa shape index (κ1) is 23.4. The van der Waals surface area contributed by atoms with Gasteiger partial charge in [0.1, 0.15) is 5.52 Å². The van der Waals surface area contributed by atoms with Crippen molar-refractivity contribution in [2.75, 3.05) is 6.54 Å². The molecule has 7 nitrogen and oxygen atoms in total. The van der Waals surface area contributed by atoms with E-state index in [4.69, 9.17) is 0 Å². The van der Waals surface area contributed by atoms with Crippen molar-refractivity contribution >= 4 is 22.9 Å². The highest BCUT2D eigenvalue weighted by atomic mass is 16.4. The number of carboxylic acids is 1. The molecule has 7 heteroatoms. The van der Waals surface area contributed by atoms with Crippen LogP contribution >= 0.6 is 0 Å². The van der Waals surface area contributed by atoms with Gasteiger partial charge in [-0.3, -0.25) is 9.59 Å². The van der Waals surface area contributed by atoms with E-state index in [2.05, 4.69) is 34.6 Å². The van der Waals surface area contributed by atoms with Gasteiger partial charge in [-0.05, 0) is 65.6 Å². The van der Waals surface area contributed by atoms with Crippen molar-refractivity contribution in [3.8, 4) is 0 Å². The van der Waals surface area contributed by atoms with Crippen LogP contribution < -0.4 is 0 Å². The molecular formula is C30H30N4O3. The third-order valence-electron chi connectivity index (χ3n) is 8.28. The fraction of sp³-hybridized carbons (Fsp3) is 0.333. The number of carbonyl (C=O) groups is 2. The molecule has 1 unspecified atom stereocenters. The van der Waals surface area contributed by atoms with E-state index in [1.54, 1.807) is 4.68 Å². The second-order valence-electron chi connectivity index (χ2n) is 10.4. The smallest absolute Gasteiger partial charge is 0.304 e. The summed E-state index contributed by atoms with van der Waals surface area (Å²) >= 11 is 0. The SMILES string of the molecule is Cc1c(C(CC(=O)O)c2cccc3c2CCN(C(=O)C2(c4ccccc4)CC2)C3)ccc2c1nnn2C. The van der Waals surface area contributed by atoms with Crippen LogP contribution in [0.3, 0.4) is 0 Å². The molecule has 1 atom stereocenters. The summed E-state index contributed by atoms with van der Waals surface area (Å²) in [5.41, 5.74) is 7.67. The lowest BCUT2D eigenvalue weighted by Gasteiger charge is -2.34. The van der Waals surface area contributed by atoms with E-state index in [0.717, 1.165) is 51.7 Å². The molecule has 1 fully saturated rings. The fourth-order valence-electron chi connectivity index (χ4n) is 6.14. The molecule has 0 bridgehead atoms. The number of carboxylic acid groups (broad SMARTS) is 1. The number of hydrogen-bond acceptors (Lipinski definition) is 4. The lowest BCUT2D eigenvalue weighted by Crippen LogP contribution is -2.42. The van der Waals surface area contributed by atoms with Crippen LogP contribution in [0, 0.1) is 6.92 Å². The molecule has 2 heterocycles. The lowest BCUT2D eigenvalue weighted by molar-refractivity contribution is -0.137. The number of hydrogen-bond donors (Lipinski definition) is 1. The van der Waals surface area contributed by atoms with Gasteiger partial charge in [0, 0.05) is 26.1 Å². The highest BCUT2D eigenvalue weighted by Gasteiger charge is 2.53. The summed E-state index contributed by atoms with van der Waals surface area (Å²) in [7, 11) is 1.85. The summed E-state index contributed by atoms with van der Waals surface area (Å²) < 4.78 is 1.73. The zero-order chi connectivity index (χ0) is 25.7. The minimum Gasteiger partial charge on any atom is -0.481 e. The van der Waals surface area contributed by atoms with Crippen LogP contribution in [0.4, 0.5) is 0 Å². The monoisotopic (exact) mass is 494 g/mol. The number of amides is 1. The average Bonchev–Trinajstić information content (AvgIpc) is 3.64. The van der Waals surface area contributed by atoms with Crippen LogP contribution in [0.1, 0.15) is 58.6 Å². The molecule has 6 rings (SSSR count). The normalized spacial score (nSPS) is 16.9. The predicted octanol–water partition coefficient (Wildman–Crippen LogP) is 4.50. The van der Waals surface area contributed by atoms with E-state index in [0.29, 0.717) is 19.5 Å². The second kappa shape index (κ2) is 8.83. The molecule has 1 N–H and O–H groups in total. The van der Waals surface area contributed by atoms with Gasteiger partial charge in [0.05, 0.1) is 17.4 Å². The third-order valence-corrected chi connectivity index (χ3v) is 8.28. The van der Waals surface area contributed by atoms with Gasteiger partial charge in [0.15, 0.2) is 0 Å². The van der Waals surface area contributed by atoms with Crippen LogP contribution in [-0.4, -0.2) is 43.4 Å². The summed E-state index contributed by atoms with van der Waals surface area (Å²) in [5.74, 6) is -0.937. The second-order valence-corrected chi connectivity index (χ2v) is 10.4. The van der Waals surface area contributed by atoms with E-state index in [9.17, 15) is 14.7 Å². The quantitative estimate of drug-likeness (QED) is 0.426. The molecule has 2 aliphatic rings. The van der Waals surface area contributed by atoms with Crippen molar-refractivity contribution in [3.05, 3.63) is 94.0 Å². The summed E-state index contributed by atoms with van der Waals surface area (Å²) in [5, 5.41) is 18.3. The average molecular weight is 495 g/mol. The molecule has 0 spiro atoms. The zero-order valence-corrected chi connectivity index (χ0v) is 21.1. The van der Waals surface area contributed by atoms with Crippen molar-refractivity contribution in [2.45, 2.75) is 50.5 Å². The fourth-order valence-corrected chi connectivity index (χ4v) is 6.14. The Labute approximate surface area is 215 Å². The molecular weight excluding hydrogens is 464 g/mol. The van der Waals surface area contributed by atoms with Gasteiger partial charge in [-0.2, -0.15) is 0 Å². The Hall–Kier alpha value is -4.00. The van der Waals surface area contributed by atoms with Gasteiger partial charge in [-0.25, -0.2) is 4.68 Å². The summed E-state index contributed by atoms with van der Waals surface area (Å²) in [6.07, 6.45) is 2.49. The Morgan fingerprint density at radius 1 is 1.03 bits per heavy atom. The number of aromatic nitrogens is 3. The number of nitrogens with zero attached hydrogens (tertiary/aromatic N) is 4. The van der Waals surface area contributed by atoms with E-state index >= 15 is 0 Å². The molecule has 4 aromatic rings. The van der Waals surface area contributed by atoms with Gasteiger partial charge in [0.25, 0.3) is 0 Å². The molecule has 1 aliphatic heterocycles. The minimum atomic E-state index is -0.840. The summed E-state index contributed by atoms with van der Waals surface area (Å²) in [4.78, 5) is 27.7. The van der Waals surface area contributed by atoms with Crippen LogP contribution in [0.5, 0.6) is 0 Å². The maximum atomic E-state index is 13.7. The number of aliphatic carboxylic acids is 1. The molecule has 0 saturated heterocycles. The minimum absolute atomic E-state index is 0.0111. The van der Waals surface area contributed by atoms with E-state index < -0.39 is 5.97 Å². The Morgan fingerprint density at radius 3 is 2.54 bits per heavy atom. The Kier molecular flexibility index (Phi) is 5.59. The van der Waals surface area contributed by atoms with Gasteiger partial charge in [0.2, 0.25) is 5.91 Å². The number of rotatable bonds is 6. The van der Waals surface area contributed by atoms with Crippen LogP contribution in [0.15, 0.2) is 60.7 Å². The first-order valence-corrected chi connectivity index (χ1v) is 12.9. The van der Waals surface area contributed by atoms with Crippen molar-refractivity contribution in [2.24, 2.45) is 7.05 Å². The van der Waals surface area contributed by atoms with Gasteiger partial charge in [-0.15, -0.1) is 5.10 Å². The van der Waals surface area contributed by atoms with Gasteiger partial charge < -0.3 is 10.0 Å². The van der Waals surface area contributed by atoms with Crippen molar-refractivity contribution in [3.63, 3.8) is 0 Å². The van der Waals surface area contributed by atoms with Gasteiger partial charge in [-0.1, -0.05) is 59.8 Å². The maximum Gasteiger partial charge on any atom is 0.304 e. The highest BCUT2D eigenvalue weighted by Crippen LogP contribution is 2.50. The predicted molar refractivity (Wildman–Crippen MR) is 140 cm³/mol. The maximum absolute atomic E-state index is 13.7. The Morgan fingerprint density at radius 2 is 1.81 bits per heavy atom. The van der Waals surface area contributed by atoms with Crippen LogP contribution in [0.25, 0.3) is 11.0 Å². The van der Waals surface area contributed by atoms with Crippen molar-refractivity contribution in [1.29, 1.82) is 0 Å². The Balaban J connectivity index is 1.35. The standard InChI is InChI=1S/C30H30N4O3/c1-19-22(11-12-26-28(19)31-32-33(26)2)25(17-27(35)36)24-10-6-7-20-18-34(16-13-23(20)24)29(37)30(14-15-30)21-8-4-3-5-9-21/h3-12,25H,13-18H2,1-2H3,(H,35,36). The van der Waals surface area contributed by atoms with Crippen LogP contribution in [-0.2, 0) is 35.0 Å². The summed E-state index contributed by atoms with van der Waals surface area (Å²) in [6.45, 7) is 3.19. The number of fused-ring (bicyclic) bond motifs is 2. The van der Waals surface area contributed by atoms with E-state index in [1.807, 2.05) is 55.3 Å². The van der Waals surface area contributed by atoms with Crippen LogP contribution in [0.2, 0.25) is 0 Å². The van der Waals surface area contributed by atoms with Gasteiger partial charge >= 0.3 is 5.97 Å². The Bertz CT molecular complexity index is 1520. The molecule has 1 saturated carbocycles. The molecule has 37 heavy (non-hydrogen) atoms. The largest absolute Gasteiger partial charge is 0.481 e. The van der Waals surface area contributed by atoms with E-state index in [-0.39, 0.29) is 23.7 Å². The highest BCUT2D eigenvalue weighted by molar-refractivity contribution is 5.91. The third kappa shape index (κ3) is 3.89. The molecule has 1 aromatic heterocycles. The number of aryl methyl sites for hydroxylation is 2. The molecule has 3 aromatic carbocycles. The zero-order valence-electron chi connectivity index (χ0n) is 21.1. The molecule has 1 aliphatic carbocycles. The van der Waals surface area contributed by atoms with Crippen molar-refractivity contribution in [1.82, 2.24) is 19.9 Å². The summed E-state index contributed by atoms with van der Waals surface area (Å²) in [6, 6.07) is 20.2. The molecule has 1 amide bonds. The molecule has 0 radical (unpaired) electrons. The topological polar surface area (TPSA) is 88.3 Å². The molecule has 188 valence electrons. The lowest BCUT2D eigenvalue weighted by atomic mass is 9.80. The number of benzene rings is 3. The number of carbonyl (C=O) groups excluding carboxylic acids is 1. The first-order chi connectivity index (χ1) is 17.9. The first-order valence-electron chi connectivity index (χ1n) is 12.9. The van der Waals surface area contributed by atoms with Crippen molar-refractivity contribution < 1.29 is 14.7 Å². The van der Waals surface area contributed by atoms with E-state index in [1.165, 1.54) is 5.56 Å².